The summed E-state index contributed by atoms with van der Waals surface area (Å²) in [5, 5.41) is 0. The van der Waals surface area contributed by atoms with Crippen LogP contribution >= 0.6 is 0 Å². The summed E-state index contributed by atoms with van der Waals surface area (Å²) in [6, 6.07) is 0. The van der Waals surface area contributed by atoms with Crippen molar-refractivity contribution in [3.8, 4) is 0 Å². The highest BCUT2D eigenvalue weighted by Crippen LogP contribution is 2.45. The third-order valence-electron chi connectivity index (χ3n) is 4.56. The second kappa shape index (κ2) is 4.24. The smallest absolute Gasteiger partial charge is 0.0351 e. The van der Waals surface area contributed by atoms with Crippen LogP contribution in [-0.2, 0) is 0 Å². The van der Waals surface area contributed by atoms with E-state index in [1.165, 1.54) is 44.9 Å². The van der Waals surface area contributed by atoms with Crippen molar-refractivity contribution in [3.63, 3.8) is 0 Å². The fraction of sp³-hybridized carbons (Fsp3) is 1.00. The van der Waals surface area contributed by atoms with Gasteiger partial charge in [0.2, 0.25) is 0 Å². The van der Waals surface area contributed by atoms with E-state index in [2.05, 4.69) is 13.8 Å². The predicted molar refractivity (Wildman–Crippen MR) is 62.3 cm³/mol. The average Bonchev–Trinajstić information content (AvgIpc) is 2.18. The maximum Gasteiger partial charge on any atom is -0.0351 e. The first-order valence-electron chi connectivity index (χ1n) is 6.67. The summed E-state index contributed by atoms with van der Waals surface area (Å²) in [6.07, 6.45) is 13.6. The molecule has 0 N–H and O–H groups in total. The minimum Gasteiger partial charge on any atom is -0.0599 e. The van der Waals surface area contributed by atoms with Crippen LogP contribution in [0.15, 0.2) is 0 Å². The van der Waals surface area contributed by atoms with Crippen molar-refractivity contribution in [2.45, 2.75) is 71.6 Å². The molecule has 1 unspecified atom stereocenters. The van der Waals surface area contributed by atoms with Gasteiger partial charge < -0.3 is 0 Å². The molecule has 0 bridgehead atoms. The van der Waals surface area contributed by atoms with E-state index >= 15 is 0 Å². The molecule has 2 rings (SSSR count). The molecule has 0 aliphatic heterocycles. The van der Waals surface area contributed by atoms with Crippen molar-refractivity contribution in [2.75, 3.05) is 0 Å². The van der Waals surface area contributed by atoms with Crippen LogP contribution < -0.4 is 0 Å². The largest absolute Gasteiger partial charge is 0.0599 e. The topological polar surface area (TPSA) is 0 Å². The quantitative estimate of drug-likeness (QED) is 0.563. The van der Waals surface area contributed by atoms with E-state index in [1.807, 2.05) is 0 Å². The van der Waals surface area contributed by atoms with E-state index < -0.39 is 0 Å². The highest BCUT2D eigenvalue weighted by atomic mass is 14.4. The van der Waals surface area contributed by atoms with Gasteiger partial charge >= 0.3 is 0 Å². The lowest BCUT2D eigenvalue weighted by Crippen LogP contribution is -2.28. The van der Waals surface area contributed by atoms with Gasteiger partial charge in [-0.3, -0.25) is 0 Å². The van der Waals surface area contributed by atoms with Crippen molar-refractivity contribution in [1.82, 2.24) is 0 Å². The van der Waals surface area contributed by atoms with E-state index in [0.717, 1.165) is 11.8 Å². The van der Waals surface area contributed by atoms with Crippen LogP contribution in [0, 0.1) is 17.3 Å². The molecule has 0 heterocycles. The van der Waals surface area contributed by atoms with Gasteiger partial charge in [0.15, 0.2) is 0 Å². The number of rotatable bonds is 1. The first kappa shape index (κ1) is 10.5. The third-order valence-corrected chi connectivity index (χ3v) is 4.56. The lowest BCUT2D eigenvalue weighted by Gasteiger charge is -2.40. The van der Waals surface area contributed by atoms with Crippen molar-refractivity contribution in [1.29, 1.82) is 0 Å². The summed E-state index contributed by atoms with van der Waals surface area (Å²) in [5.74, 6) is 2.18. The Kier molecular flexibility index (Phi) is 3.19. The Labute approximate surface area is 89.5 Å². The number of hydrogen-bond donors (Lipinski definition) is 0. The molecule has 0 aromatic heterocycles. The highest BCUT2D eigenvalue weighted by Gasteiger charge is 2.32. The fourth-order valence-corrected chi connectivity index (χ4v) is 3.76. The minimum absolute atomic E-state index is 0.653. The van der Waals surface area contributed by atoms with E-state index in [4.69, 9.17) is 0 Å². The molecule has 0 aromatic rings. The molecule has 0 aromatic carbocycles. The molecule has 2 saturated carbocycles. The van der Waals surface area contributed by atoms with Crippen LogP contribution in [0.25, 0.3) is 0 Å². The molecule has 0 nitrogen and oxygen atoms in total. The van der Waals surface area contributed by atoms with Crippen LogP contribution in [0.3, 0.4) is 0 Å². The van der Waals surface area contributed by atoms with Gasteiger partial charge in [0.1, 0.15) is 0 Å². The molecule has 82 valence electrons. The van der Waals surface area contributed by atoms with E-state index in [-0.39, 0.29) is 0 Å². The molecule has 0 spiro atoms. The van der Waals surface area contributed by atoms with Crippen LogP contribution in [0.2, 0.25) is 0 Å². The van der Waals surface area contributed by atoms with Crippen molar-refractivity contribution in [2.24, 2.45) is 17.3 Å². The Balaban J connectivity index is 1.89. The average molecular weight is 194 g/mol. The summed E-state index contributed by atoms with van der Waals surface area (Å²) in [5.41, 5.74) is 0.653. The number of hydrogen-bond acceptors (Lipinski definition) is 0. The van der Waals surface area contributed by atoms with Gasteiger partial charge in [0.25, 0.3) is 0 Å². The maximum absolute atomic E-state index is 2.47. The second-order valence-corrected chi connectivity index (χ2v) is 6.42. The van der Waals surface area contributed by atoms with Crippen molar-refractivity contribution in [3.05, 3.63) is 0 Å². The summed E-state index contributed by atoms with van der Waals surface area (Å²) in [6.45, 7) is 4.95. The Morgan fingerprint density at radius 2 is 1.43 bits per heavy atom. The Bertz CT molecular complexity index is 174. The standard InChI is InChI=1S/C14H26/c1-14(2)10-6-9-13(11-14)12-7-4-3-5-8-12/h12-13H,3-11H2,1-2H3. The molecular weight excluding hydrogens is 168 g/mol. The maximum atomic E-state index is 2.47. The zero-order valence-corrected chi connectivity index (χ0v) is 10.0. The normalized spacial score (nSPS) is 34.3. The molecule has 0 heteroatoms. The van der Waals surface area contributed by atoms with E-state index in [9.17, 15) is 0 Å². The molecule has 0 radical (unpaired) electrons. The molecule has 2 fully saturated rings. The van der Waals surface area contributed by atoms with Gasteiger partial charge in [0, 0.05) is 0 Å². The fourth-order valence-electron chi connectivity index (χ4n) is 3.76. The zero-order chi connectivity index (χ0) is 10.0. The van der Waals surface area contributed by atoms with Gasteiger partial charge in [-0.05, 0) is 30.1 Å². The molecule has 0 saturated heterocycles. The summed E-state index contributed by atoms with van der Waals surface area (Å²) in [4.78, 5) is 0. The van der Waals surface area contributed by atoms with Gasteiger partial charge in [-0.1, -0.05) is 58.8 Å². The first-order valence-corrected chi connectivity index (χ1v) is 6.67. The minimum atomic E-state index is 0.653. The van der Waals surface area contributed by atoms with Crippen LogP contribution in [0.5, 0.6) is 0 Å². The Morgan fingerprint density at radius 1 is 0.786 bits per heavy atom. The van der Waals surface area contributed by atoms with E-state index in [0.29, 0.717) is 5.41 Å². The van der Waals surface area contributed by atoms with Crippen molar-refractivity contribution >= 4 is 0 Å². The molecule has 1 atom stereocenters. The SMILES string of the molecule is CC1(C)CCCC(C2CCCCC2)C1. The highest BCUT2D eigenvalue weighted by molar-refractivity contribution is 4.84. The summed E-state index contributed by atoms with van der Waals surface area (Å²) < 4.78 is 0. The van der Waals surface area contributed by atoms with Gasteiger partial charge in [-0.15, -0.1) is 0 Å². The lowest BCUT2D eigenvalue weighted by molar-refractivity contribution is 0.113. The van der Waals surface area contributed by atoms with Crippen LogP contribution in [-0.4, -0.2) is 0 Å². The van der Waals surface area contributed by atoms with E-state index in [1.54, 1.807) is 12.8 Å². The first-order chi connectivity index (χ1) is 6.67. The van der Waals surface area contributed by atoms with Crippen molar-refractivity contribution < 1.29 is 0 Å². The lowest BCUT2D eigenvalue weighted by atomic mass is 9.65. The Hall–Kier alpha value is 0. The van der Waals surface area contributed by atoms with Gasteiger partial charge in [-0.25, -0.2) is 0 Å². The molecule has 14 heavy (non-hydrogen) atoms. The molecular formula is C14H26. The summed E-state index contributed by atoms with van der Waals surface area (Å²) >= 11 is 0. The second-order valence-electron chi connectivity index (χ2n) is 6.42. The Morgan fingerprint density at radius 3 is 2.07 bits per heavy atom. The van der Waals surface area contributed by atoms with Crippen LogP contribution in [0.4, 0.5) is 0 Å². The zero-order valence-electron chi connectivity index (χ0n) is 10.0. The van der Waals surface area contributed by atoms with Gasteiger partial charge in [-0.2, -0.15) is 0 Å². The molecule has 0 amide bonds. The predicted octanol–water partition coefficient (Wildman–Crippen LogP) is 4.78. The molecule has 2 aliphatic rings. The molecule has 2 aliphatic carbocycles. The van der Waals surface area contributed by atoms with Crippen LogP contribution in [0.1, 0.15) is 71.6 Å². The van der Waals surface area contributed by atoms with Gasteiger partial charge in [0.05, 0.1) is 0 Å². The summed E-state index contributed by atoms with van der Waals surface area (Å²) in [7, 11) is 0. The monoisotopic (exact) mass is 194 g/mol. The third kappa shape index (κ3) is 2.52.